The van der Waals surface area contributed by atoms with Crippen molar-refractivity contribution in [2.75, 3.05) is 0 Å². The molecule has 2 aromatic rings. The molecule has 0 unspecified atom stereocenters. The summed E-state index contributed by atoms with van der Waals surface area (Å²) < 4.78 is 0. The predicted molar refractivity (Wildman–Crippen MR) is 56.3 cm³/mol. The van der Waals surface area contributed by atoms with Crippen LogP contribution in [0.2, 0.25) is 0 Å². The van der Waals surface area contributed by atoms with E-state index in [1.54, 1.807) is 24.3 Å². The molecule has 0 aliphatic rings. The molecule has 0 aliphatic carbocycles. The van der Waals surface area contributed by atoms with Gasteiger partial charge in [-0.1, -0.05) is 18.2 Å². The molecule has 0 radical (unpaired) electrons. The number of benzene rings is 1. The maximum absolute atomic E-state index is 10.9. The summed E-state index contributed by atoms with van der Waals surface area (Å²) in [5, 5.41) is 18.4. The quantitative estimate of drug-likeness (QED) is 0.681. The van der Waals surface area contributed by atoms with Crippen LogP contribution >= 0.6 is 0 Å². The van der Waals surface area contributed by atoms with Gasteiger partial charge in [0.25, 0.3) is 0 Å². The number of carbonyl (C=O) groups is 2. The molecule has 5 heteroatoms. The second kappa shape index (κ2) is 3.69. The number of hydrogen-bond donors (Lipinski definition) is 3. The zero-order valence-corrected chi connectivity index (χ0v) is 8.18. The molecule has 1 aromatic carbocycles. The highest BCUT2D eigenvalue weighted by atomic mass is 16.4. The number of aromatic amines is 1. The van der Waals surface area contributed by atoms with E-state index in [2.05, 4.69) is 4.98 Å². The number of aliphatic carboxylic acids is 2. The van der Waals surface area contributed by atoms with Crippen molar-refractivity contribution >= 4 is 22.8 Å². The Balaban J connectivity index is 2.61. The van der Waals surface area contributed by atoms with Crippen LogP contribution in [-0.2, 0) is 9.59 Å². The number of aromatic nitrogens is 1. The van der Waals surface area contributed by atoms with Crippen molar-refractivity contribution in [3.05, 3.63) is 36.0 Å². The third kappa shape index (κ3) is 1.52. The van der Waals surface area contributed by atoms with E-state index in [0.717, 1.165) is 5.52 Å². The molecule has 0 atom stereocenters. The highest BCUT2D eigenvalue weighted by molar-refractivity contribution is 6.03. The lowest BCUT2D eigenvalue weighted by atomic mass is 9.99. The lowest BCUT2D eigenvalue weighted by Crippen LogP contribution is -2.20. The Hall–Kier alpha value is -2.30. The molecular weight excluding hydrogens is 210 g/mol. The van der Waals surface area contributed by atoms with Crippen molar-refractivity contribution in [1.82, 2.24) is 4.98 Å². The van der Waals surface area contributed by atoms with Gasteiger partial charge in [-0.3, -0.25) is 9.59 Å². The first-order valence-corrected chi connectivity index (χ1v) is 4.63. The van der Waals surface area contributed by atoms with Gasteiger partial charge in [0, 0.05) is 22.7 Å². The number of rotatable bonds is 3. The zero-order chi connectivity index (χ0) is 11.7. The fourth-order valence-corrected chi connectivity index (χ4v) is 1.70. The van der Waals surface area contributed by atoms with E-state index in [9.17, 15) is 9.59 Å². The van der Waals surface area contributed by atoms with Crippen LogP contribution in [-0.4, -0.2) is 27.1 Å². The minimum absolute atomic E-state index is 0.274. The minimum atomic E-state index is -1.53. The summed E-state index contributed by atoms with van der Waals surface area (Å²) in [4.78, 5) is 24.6. The van der Waals surface area contributed by atoms with Gasteiger partial charge in [0.05, 0.1) is 0 Å². The average Bonchev–Trinajstić information content (AvgIpc) is 2.61. The van der Waals surface area contributed by atoms with E-state index in [1.165, 1.54) is 6.20 Å². The minimum Gasteiger partial charge on any atom is -0.480 e. The van der Waals surface area contributed by atoms with Crippen LogP contribution in [0.1, 0.15) is 11.5 Å². The molecule has 0 saturated carbocycles. The van der Waals surface area contributed by atoms with Gasteiger partial charge < -0.3 is 15.2 Å². The van der Waals surface area contributed by atoms with Crippen LogP contribution in [0.15, 0.2) is 30.5 Å². The molecule has 0 fully saturated rings. The fraction of sp³-hybridized carbons (Fsp3) is 0.0909. The van der Waals surface area contributed by atoms with E-state index >= 15 is 0 Å². The summed E-state index contributed by atoms with van der Waals surface area (Å²) in [6.07, 6.45) is 1.43. The summed E-state index contributed by atoms with van der Waals surface area (Å²) in [6.45, 7) is 0. The van der Waals surface area contributed by atoms with E-state index < -0.39 is 17.9 Å². The molecule has 0 amide bonds. The largest absolute Gasteiger partial charge is 0.480 e. The van der Waals surface area contributed by atoms with Gasteiger partial charge in [0.1, 0.15) is 0 Å². The van der Waals surface area contributed by atoms with E-state index in [0.29, 0.717) is 5.39 Å². The first kappa shape index (κ1) is 10.2. The summed E-state index contributed by atoms with van der Waals surface area (Å²) in [5.74, 6) is -4.26. The van der Waals surface area contributed by atoms with Crippen LogP contribution < -0.4 is 0 Å². The van der Waals surface area contributed by atoms with Crippen LogP contribution in [0.4, 0.5) is 0 Å². The molecule has 1 aromatic heterocycles. The number of para-hydroxylation sites is 1. The Morgan fingerprint density at radius 1 is 1.12 bits per heavy atom. The van der Waals surface area contributed by atoms with Crippen molar-refractivity contribution in [2.45, 2.75) is 5.92 Å². The van der Waals surface area contributed by atoms with Crippen molar-refractivity contribution in [3.8, 4) is 0 Å². The normalized spacial score (nSPS) is 10.8. The number of carboxylic acid groups (broad SMARTS) is 2. The van der Waals surface area contributed by atoms with Gasteiger partial charge >= 0.3 is 11.9 Å². The van der Waals surface area contributed by atoms with Gasteiger partial charge in [-0.2, -0.15) is 0 Å². The molecule has 82 valence electrons. The number of fused-ring (bicyclic) bond motifs is 1. The first-order valence-electron chi connectivity index (χ1n) is 4.63. The molecule has 0 spiro atoms. The third-order valence-corrected chi connectivity index (χ3v) is 2.43. The maximum Gasteiger partial charge on any atom is 0.322 e. The molecule has 1 heterocycles. The van der Waals surface area contributed by atoms with Crippen LogP contribution in [0.25, 0.3) is 10.9 Å². The van der Waals surface area contributed by atoms with E-state index in [1.807, 2.05) is 0 Å². The SMILES string of the molecule is O=C(O)C(C(=O)O)c1c[nH]c2ccccc12. The average molecular weight is 219 g/mol. The van der Waals surface area contributed by atoms with Gasteiger partial charge in [0.2, 0.25) is 0 Å². The standard InChI is InChI=1S/C11H9NO4/c13-10(14)9(11(15)16)7-5-12-8-4-2-1-3-6(7)8/h1-5,9,12H,(H,13,14)(H,15,16). The summed E-state index contributed by atoms with van der Waals surface area (Å²) in [5.41, 5.74) is 1.00. The van der Waals surface area contributed by atoms with Crippen molar-refractivity contribution in [3.63, 3.8) is 0 Å². The van der Waals surface area contributed by atoms with Crippen LogP contribution in [0.3, 0.4) is 0 Å². The molecular formula is C11H9NO4. The highest BCUT2D eigenvalue weighted by Gasteiger charge is 2.29. The predicted octanol–water partition coefficient (Wildman–Crippen LogP) is 1.42. The first-order chi connectivity index (χ1) is 7.61. The molecule has 0 bridgehead atoms. The van der Waals surface area contributed by atoms with Crippen molar-refractivity contribution in [1.29, 1.82) is 0 Å². The molecule has 2 rings (SSSR count). The second-order valence-electron chi connectivity index (χ2n) is 3.40. The molecule has 3 N–H and O–H groups in total. The lowest BCUT2D eigenvalue weighted by Gasteiger charge is -2.05. The van der Waals surface area contributed by atoms with Gasteiger partial charge in [-0.15, -0.1) is 0 Å². The zero-order valence-electron chi connectivity index (χ0n) is 8.18. The Morgan fingerprint density at radius 3 is 2.38 bits per heavy atom. The summed E-state index contributed by atoms with van der Waals surface area (Å²) in [7, 11) is 0. The smallest absolute Gasteiger partial charge is 0.322 e. The van der Waals surface area contributed by atoms with Crippen molar-refractivity contribution in [2.24, 2.45) is 0 Å². The van der Waals surface area contributed by atoms with Gasteiger partial charge in [-0.25, -0.2) is 0 Å². The number of hydrogen-bond acceptors (Lipinski definition) is 2. The maximum atomic E-state index is 10.9. The lowest BCUT2D eigenvalue weighted by molar-refractivity contribution is -0.149. The number of nitrogens with one attached hydrogen (secondary N) is 1. The molecule has 0 saturated heterocycles. The van der Waals surface area contributed by atoms with E-state index in [-0.39, 0.29) is 5.56 Å². The third-order valence-electron chi connectivity index (χ3n) is 2.43. The molecule has 5 nitrogen and oxygen atoms in total. The second-order valence-corrected chi connectivity index (χ2v) is 3.40. The fourth-order valence-electron chi connectivity index (χ4n) is 1.70. The molecule has 0 aliphatic heterocycles. The Labute approximate surface area is 90.3 Å². The topological polar surface area (TPSA) is 90.4 Å². The van der Waals surface area contributed by atoms with Crippen LogP contribution in [0, 0.1) is 0 Å². The Bertz CT molecular complexity index is 544. The van der Waals surface area contributed by atoms with Gasteiger partial charge in [-0.05, 0) is 6.07 Å². The Morgan fingerprint density at radius 2 is 1.75 bits per heavy atom. The monoisotopic (exact) mass is 219 g/mol. The number of H-pyrrole nitrogens is 1. The van der Waals surface area contributed by atoms with Crippen molar-refractivity contribution < 1.29 is 19.8 Å². The van der Waals surface area contributed by atoms with Crippen LogP contribution in [0.5, 0.6) is 0 Å². The van der Waals surface area contributed by atoms with Gasteiger partial charge in [0.15, 0.2) is 5.92 Å². The summed E-state index contributed by atoms with van der Waals surface area (Å²) in [6, 6.07) is 6.99. The summed E-state index contributed by atoms with van der Waals surface area (Å²) >= 11 is 0. The molecule has 16 heavy (non-hydrogen) atoms. The highest BCUT2D eigenvalue weighted by Crippen LogP contribution is 2.25. The number of carboxylic acids is 2. The van der Waals surface area contributed by atoms with E-state index in [4.69, 9.17) is 10.2 Å². The Kier molecular flexibility index (Phi) is 2.36.